The van der Waals surface area contributed by atoms with Crippen LogP contribution in [0.25, 0.3) is 10.9 Å². The van der Waals surface area contributed by atoms with Crippen molar-refractivity contribution < 1.29 is 9.90 Å². The summed E-state index contributed by atoms with van der Waals surface area (Å²) in [5.74, 6) is -0.933. The summed E-state index contributed by atoms with van der Waals surface area (Å²) in [7, 11) is 0. The lowest BCUT2D eigenvalue weighted by Crippen LogP contribution is -2.28. The number of halogens is 1. The van der Waals surface area contributed by atoms with Crippen molar-refractivity contribution in [2.75, 3.05) is 5.32 Å². The molecule has 0 saturated heterocycles. The van der Waals surface area contributed by atoms with Crippen molar-refractivity contribution in [2.24, 2.45) is 0 Å². The smallest absolute Gasteiger partial charge is 0.267 e. The van der Waals surface area contributed by atoms with Crippen molar-refractivity contribution in [3.63, 3.8) is 0 Å². The van der Waals surface area contributed by atoms with Gasteiger partial charge in [-0.1, -0.05) is 29.8 Å². The zero-order valence-corrected chi connectivity index (χ0v) is 13.3. The lowest BCUT2D eigenvalue weighted by Gasteiger charge is -2.11. The van der Waals surface area contributed by atoms with Crippen molar-refractivity contribution >= 4 is 34.1 Å². The number of pyridine rings is 1. The van der Waals surface area contributed by atoms with E-state index in [-0.39, 0.29) is 11.3 Å². The van der Waals surface area contributed by atoms with Crippen LogP contribution in [0.1, 0.15) is 15.9 Å². The molecule has 0 bridgehead atoms. The molecule has 1 amide bonds. The van der Waals surface area contributed by atoms with E-state index in [1.54, 1.807) is 34.9 Å². The van der Waals surface area contributed by atoms with Gasteiger partial charge in [0.15, 0.2) is 0 Å². The fourth-order valence-electron chi connectivity index (χ4n) is 3.19. The van der Waals surface area contributed by atoms with Crippen LogP contribution >= 0.6 is 11.6 Å². The van der Waals surface area contributed by atoms with Gasteiger partial charge >= 0.3 is 0 Å². The molecule has 5 nitrogen and oxygen atoms in total. The number of aryl methyl sites for hydroxylation is 2. The maximum absolute atomic E-state index is 12.7. The molecule has 0 radical (unpaired) electrons. The first-order valence-corrected chi connectivity index (χ1v) is 7.88. The summed E-state index contributed by atoms with van der Waals surface area (Å²) in [6.07, 6.45) is 0.714. The fraction of sp³-hybridized carbons (Fsp3) is 0.111. The van der Waals surface area contributed by atoms with Gasteiger partial charge in [-0.2, -0.15) is 0 Å². The zero-order valence-electron chi connectivity index (χ0n) is 12.5. The van der Waals surface area contributed by atoms with Gasteiger partial charge in [0, 0.05) is 22.6 Å². The topological polar surface area (TPSA) is 71.3 Å². The third-order valence-corrected chi connectivity index (χ3v) is 4.49. The maximum atomic E-state index is 12.7. The Kier molecular flexibility index (Phi) is 3.32. The average molecular weight is 341 g/mol. The van der Waals surface area contributed by atoms with E-state index in [9.17, 15) is 14.7 Å². The molecule has 0 spiro atoms. The van der Waals surface area contributed by atoms with Crippen LogP contribution in [0.2, 0.25) is 5.02 Å². The molecular weight excluding hydrogens is 328 g/mol. The van der Waals surface area contributed by atoms with Gasteiger partial charge in [-0.3, -0.25) is 9.59 Å². The Morgan fingerprint density at radius 1 is 1.21 bits per heavy atom. The van der Waals surface area contributed by atoms with E-state index in [1.807, 2.05) is 12.1 Å². The number of aromatic hydroxyl groups is 1. The van der Waals surface area contributed by atoms with Crippen LogP contribution in [-0.4, -0.2) is 15.6 Å². The number of nitrogens with one attached hydrogen (secondary N) is 1. The van der Waals surface area contributed by atoms with Gasteiger partial charge in [0.1, 0.15) is 11.3 Å². The van der Waals surface area contributed by atoms with Crippen LogP contribution < -0.4 is 10.9 Å². The number of para-hydroxylation sites is 1. The number of amides is 1. The third kappa shape index (κ3) is 2.17. The molecule has 1 aliphatic rings. The second-order valence-electron chi connectivity index (χ2n) is 5.71. The molecule has 4 rings (SSSR count). The summed E-state index contributed by atoms with van der Waals surface area (Å²) in [5, 5.41) is 14.1. The van der Waals surface area contributed by atoms with E-state index >= 15 is 0 Å². The first kappa shape index (κ1) is 14.8. The standard InChI is InChI=1S/C18H13ClN2O3/c19-11-4-2-5-12(9-11)20-17(23)14-16(22)13-6-1-3-10-7-8-21(15(10)13)18(14)24/h1-6,9,22H,7-8H2,(H,20,23). The molecule has 0 aliphatic carbocycles. The molecule has 2 aromatic carbocycles. The summed E-state index contributed by atoms with van der Waals surface area (Å²) in [6.45, 7) is 0.506. The zero-order chi connectivity index (χ0) is 16.8. The number of rotatable bonds is 2. The minimum absolute atomic E-state index is 0.249. The van der Waals surface area contributed by atoms with Crippen LogP contribution in [0.4, 0.5) is 5.69 Å². The van der Waals surface area contributed by atoms with Crippen molar-refractivity contribution in [3.8, 4) is 5.75 Å². The Morgan fingerprint density at radius 2 is 2.00 bits per heavy atom. The van der Waals surface area contributed by atoms with Crippen molar-refractivity contribution in [3.05, 3.63) is 69.0 Å². The lowest BCUT2D eigenvalue weighted by molar-refractivity contribution is 0.102. The molecule has 6 heteroatoms. The van der Waals surface area contributed by atoms with E-state index in [2.05, 4.69) is 5.32 Å². The first-order chi connectivity index (χ1) is 11.6. The molecule has 1 aliphatic heterocycles. The van der Waals surface area contributed by atoms with Gasteiger partial charge in [-0.25, -0.2) is 0 Å². The largest absolute Gasteiger partial charge is 0.506 e. The van der Waals surface area contributed by atoms with Crippen LogP contribution in [-0.2, 0) is 13.0 Å². The van der Waals surface area contributed by atoms with Crippen molar-refractivity contribution in [1.82, 2.24) is 4.57 Å². The number of carbonyl (C=O) groups is 1. The number of hydrogen-bond donors (Lipinski definition) is 2. The number of aromatic nitrogens is 1. The van der Waals surface area contributed by atoms with Crippen molar-refractivity contribution in [2.45, 2.75) is 13.0 Å². The number of anilines is 1. The Hall–Kier alpha value is -2.79. The van der Waals surface area contributed by atoms with E-state index < -0.39 is 11.5 Å². The fourth-order valence-corrected chi connectivity index (χ4v) is 3.38. The molecule has 2 N–H and O–H groups in total. The SMILES string of the molecule is O=C(Nc1cccc(Cl)c1)c1c(O)c2cccc3c2n(c1=O)CC3. The molecule has 0 atom stereocenters. The number of benzene rings is 2. The van der Waals surface area contributed by atoms with Crippen LogP contribution in [0.15, 0.2) is 47.3 Å². The molecule has 0 unspecified atom stereocenters. The molecule has 0 saturated carbocycles. The van der Waals surface area contributed by atoms with Crippen molar-refractivity contribution in [1.29, 1.82) is 0 Å². The molecule has 120 valence electrons. The Labute approximate surface area is 142 Å². The van der Waals surface area contributed by atoms with Gasteiger partial charge in [0.2, 0.25) is 0 Å². The van der Waals surface area contributed by atoms with Gasteiger partial charge in [-0.05, 0) is 36.2 Å². The summed E-state index contributed by atoms with van der Waals surface area (Å²) < 4.78 is 1.55. The normalized spacial score (nSPS) is 12.5. The minimum Gasteiger partial charge on any atom is -0.506 e. The molecular formula is C18H13ClN2O3. The maximum Gasteiger partial charge on any atom is 0.267 e. The molecule has 1 aromatic heterocycles. The number of hydrogen-bond acceptors (Lipinski definition) is 3. The quantitative estimate of drug-likeness (QED) is 0.752. The lowest BCUT2D eigenvalue weighted by atomic mass is 10.1. The second-order valence-corrected chi connectivity index (χ2v) is 6.14. The highest BCUT2D eigenvalue weighted by atomic mass is 35.5. The second kappa shape index (κ2) is 5.39. The number of nitrogens with zero attached hydrogens (tertiary/aromatic N) is 1. The predicted molar refractivity (Wildman–Crippen MR) is 93.0 cm³/mol. The van der Waals surface area contributed by atoms with E-state index in [1.165, 1.54) is 0 Å². The van der Waals surface area contributed by atoms with E-state index in [0.29, 0.717) is 34.6 Å². The predicted octanol–water partition coefficient (Wildman–Crippen LogP) is 3.17. The summed E-state index contributed by atoms with van der Waals surface area (Å²) in [5.41, 5.74) is 1.44. The highest BCUT2D eigenvalue weighted by Crippen LogP contribution is 2.32. The summed E-state index contributed by atoms with van der Waals surface area (Å²) >= 11 is 5.90. The molecule has 0 fully saturated rings. The van der Waals surface area contributed by atoms with E-state index in [4.69, 9.17) is 11.6 Å². The summed E-state index contributed by atoms with van der Waals surface area (Å²) in [6, 6.07) is 12.1. The third-order valence-electron chi connectivity index (χ3n) is 4.25. The summed E-state index contributed by atoms with van der Waals surface area (Å²) in [4.78, 5) is 25.3. The average Bonchev–Trinajstić information content (AvgIpc) is 2.98. The minimum atomic E-state index is -0.650. The van der Waals surface area contributed by atoms with Crippen LogP contribution in [0, 0.1) is 0 Å². The molecule has 3 aromatic rings. The molecule has 2 heterocycles. The highest BCUT2D eigenvalue weighted by Gasteiger charge is 2.26. The Balaban J connectivity index is 1.86. The Morgan fingerprint density at radius 3 is 2.79 bits per heavy atom. The van der Waals surface area contributed by atoms with E-state index in [0.717, 1.165) is 5.56 Å². The van der Waals surface area contributed by atoms with Crippen LogP contribution in [0.5, 0.6) is 5.75 Å². The monoisotopic (exact) mass is 340 g/mol. The van der Waals surface area contributed by atoms with Gasteiger partial charge in [-0.15, -0.1) is 0 Å². The van der Waals surface area contributed by atoms with Gasteiger partial charge < -0.3 is 15.0 Å². The van der Waals surface area contributed by atoms with Gasteiger partial charge in [0.25, 0.3) is 11.5 Å². The van der Waals surface area contributed by atoms with Gasteiger partial charge in [0.05, 0.1) is 5.52 Å². The first-order valence-electron chi connectivity index (χ1n) is 7.50. The van der Waals surface area contributed by atoms with Crippen LogP contribution in [0.3, 0.4) is 0 Å². The Bertz CT molecular complexity index is 1060. The number of carbonyl (C=O) groups excluding carboxylic acids is 1. The molecule has 24 heavy (non-hydrogen) atoms. The highest BCUT2D eigenvalue weighted by molar-refractivity contribution is 6.31.